The third-order valence-electron chi connectivity index (χ3n) is 5.69. The minimum atomic E-state index is 0.0580. The van der Waals surface area contributed by atoms with Crippen LogP contribution >= 0.6 is 11.3 Å². The third-order valence-corrected chi connectivity index (χ3v) is 6.88. The second kappa shape index (κ2) is 7.70. The van der Waals surface area contributed by atoms with Crippen LogP contribution in [0.1, 0.15) is 26.5 Å². The summed E-state index contributed by atoms with van der Waals surface area (Å²) in [6.45, 7) is 4.53. The summed E-state index contributed by atoms with van der Waals surface area (Å²) >= 11 is 1.44. The Morgan fingerprint density at radius 2 is 2.20 bits per heavy atom. The molecule has 154 valence electrons. The molecule has 4 heterocycles. The van der Waals surface area contributed by atoms with Crippen molar-refractivity contribution in [3.63, 3.8) is 0 Å². The first-order valence-electron chi connectivity index (χ1n) is 10.0. The largest absolute Gasteiger partial charge is 0.383 e. The zero-order valence-corrected chi connectivity index (χ0v) is 17.8. The molecule has 5 rings (SSSR count). The maximum absolute atomic E-state index is 13.4. The Kier molecular flexibility index (Phi) is 4.88. The number of amides is 1. The molecule has 0 bridgehead atoms. The number of hydrogen-bond donors (Lipinski definition) is 2. The fourth-order valence-electron chi connectivity index (χ4n) is 4.19. The quantitative estimate of drug-likeness (QED) is 0.480. The zero-order chi connectivity index (χ0) is 20.7. The second-order valence-corrected chi connectivity index (χ2v) is 8.48. The van der Waals surface area contributed by atoms with E-state index in [1.54, 1.807) is 13.4 Å². The van der Waals surface area contributed by atoms with Crippen LogP contribution < -0.4 is 5.32 Å². The Bertz CT molecular complexity index is 1250. The van der Waals surface area contributed by atoms with Crippen LogP contribution in [0.15, 0.2) is 30.6 Å². The Morgan fingerprint density at radius 1 is 1.33 bits per heavy atom. The first kappa shape index (κ1) is 19.0. The van der Waals surface area contributed by atoms with Crippen LogP contribution in [0, 0.1) is 6.92 Å². The van der Waals surface area contributed by atoms with Crippen molar-refractivity contribution in [1.82, 2.24) is 19.9 Å². The van der Waals surface area contributed by atoms with E-state index in [4.69, 9.17) is 4.74 Å². The summed E-state index contributed by atoms with van der Waals surface area (Å²) in [4.78, 5) is 29.2. The summed E-state index contributed by atoms with van der Waals surface area (Å²) in [5.74, 6) is 0.809. The number of carbonyl (C=O) groups excluding carboxylic acids is 1. The summed E-state index contributed by atoms with van der Waals surface area (Å²) < 4.78 is 5.11. The number of fused-ring (bicyclic) bond motifs is 4. The molecule has 1 aliphatic rings. The molecular formula is C22H23N5O2S. The highest BCUT2D eigenvalue weighted by Crippen LogP contribution is 2.35. The number of aromatic nitrogens is 3. The van der Waals surface area contributed by atoms with Gasteiger partial charge in [0.15, 0.2) is 0 Å². The molecule has 0 unspecified atom stereocenters. The van der Waals surface area contributed by atoms with Gasteiger partial charge in [0.2, 0.25) is 0 Å². The predicted molar refractivity (Wildman–Crippen MR) is 119 cm³/mol. The molecule has 30 heavy (non-hydrogen) atoms. The second-order valence-electron chi connectivity index (χ2n) is 7.48. The Hall–Kier alpha value is -2.97. The number of aryl methyl sites for hydroxylation is 1. The number of H-pyrrole nitrogens is 1. The standard InChI is InChI=1S/C22H23N5O2S/c1-13-18-20(23-8-10-29-2)24-12-25-21(18)30-19(13)22(28)27-9-7-15-14-5-3-4-6-16(14)26-17(15)11-27/h3-6,12,26H,7-11H2,1-2H3,(H,23,24,25). The number of para-hydroxylation sites is 1. The van der Waals surface area contributed by atoms with Gasteiger partial charge in [-0.1, -0.05) is 18.2 Å². The van der Waals surface area contributed by atoms with Gasteiger partial charge in [-0.05, 0) is 30.5 Å². The van der Waals surface area contributed by atoms with Crippen molar-refractivity contribution < 1.29 is 9.53 Å². The molecule has 1 aliphatic heterocycles. The lowest BCUT2D eigenvalue weighted by molar-refractivity contribution is 0.0737. The molecule has 0 fully saturated rings. The first-order valence-corrected chi connectivity index (χ1v) is 10.8. The fourth-order valence-corrected chi connectivity index (χ4v) is 5.31. The van der Waals surface area contributed by atoms with E-state index in [1.165, 1.54) is 22.3 Å². The van der Waals surface area contributed by atoms with Gasteiger partial charge in [-0.3, -0.25) is 4.79 Å². The van der Waals surface area contributed by atoms with E-state index in [9.17, 15) is 4.79 Å². The van der Waals surface area contributed by atoms with E-state index >= 15 is 0 Å². The summed E-state index contributed by atoms with van der Waals surface area (Å²) in [5, 5.41) is 5.47. The highest BCUT2D eigenvalue weighted by molar-refractivity contribution is 7.20. The lowest BCUT2D eigenvalue weighted by atomic mass is 10.0. The number of rotatable bonds is 5. The Morgan fingerprint density at radius 3 is 3.07 bits per heavy atom. The number of thiophene rings is 1. The van der Waals surface area contributed by atoms with Gasteiger partial charge in [-0.15, -0.1) is 11.3 Å². The van der Waals surface area contributed by atoms with Crippen molar-refractivity contribution in [1.29, 1.82) is 0 Å². The lowest BCUT2D eigenvalue weighted by Gasteiger charge is -2.27. The highest BCUT2D eigenvalue weighted by Gasteiger charge is 2.28. The average Bonchev–Trinajstić information content (AvgIpc) is 3.31. The van der Waals surface area contributed by atoms with E-state index in [-0.39, 0.29) is 5.91 Å². The molecule has 0 saturated heterocycles. The van der Waals surface area contributed by atoms with E-state index < -0.39 is 0 Å². The molecule has 7 nitrogen and oxygen atoms in total. The van der Waals surface area contributed by atoms with Gasteiger partial charge in [0.25, 0.3) is 5.91 Å². The van der Waals surface area contributed by atoms with Crippen LogP contribution in [0.3, 0.4) is 0 Å². The number of anilines is 1. The van der Waals surface area contributed by atoms with Crippen molar-refractivity contribution in [3.05, 3.63) is 52.3 Å². The van der Waals surface area contributed by atoms with Gasteiger partial charge in [-0.2, -0.15) is 0 Å². The minimum Gasteiger partial charge on any atom is -0.383 e. The molecule has 8 heteroatoms. The number of ether oxygens (including phenoxy) is 1. The van der Waals surface area contributed by atoms with Crippen molar-refractivity contribution >= 4 is 44.2 Å². The molecule has 0 aliphatic carbocycles. The Labute approximate surface area is 178 Å². The van der Waals surface area contributed by atoms with Crippen molar-refractivity contribution in [2.75, 3.05) is 32.1 Å². The van der Waals surface area contributed by atoms with Gasteiger partial charge >= 0.3 is 0 Å². The molecule has 0 saturated carbocycles. The van der Waals surface area contributed by atoms with Crippen LogP contribution in [-0.2, 0) is 17.7 Å². The van der Waals surface area contributed by atoms with E-state index in [0.717, 1.165) is 44.1 Å². The van der Waals surface area contributed by atoms with E-state index in [2.05, 4.69) is 38.5 Å². The SMILES string of the molecule is COCCNc1ncnc2sc(C(=O)N3CCc4c([nH]c5ccccc45)C3)c(C)c12. The maximum atomic E-state index is 13.4. The number of aromatic amines is 1. The molecule has 0 radical (unpaired) electrons. The van der Waals surface area contributed by atoms with Crippen LogP contribution in [-0.4, -0.2) is 52.6 Å². The summed E-state index contributed by atoms with van der Waals surface area (Å²) in [6.07, 6.45) is 2.40. The predicted octanol–water partition coefficient (Wildman–Crippen LogP) is 3.74. The van der Waals surface area contributed by atoms with E-state index in [1.807, 2.05) is 17.9 Å². The van der Waals surface area contributed by atoms with E-state index in [0.29, 0.717) is 26.2 Å². The van der Waals surface area contributed by atoms with Crippen LogP contribution in [0.2, 0.25) is 0 Å². The lowest BCUT2D eigenvalue weighted by Crippen LogP contribution is -2.35. The highest BCUT2D eigenvalue weighted by atomic mass is 32.1. The number of carbonyl (C=O) groups is 1. The summed E-state index contributed by atoms with van der Waals surface area (Å²) in [7, 11) is 1.67. The van der Waals surface area contributed by atoms with Crippen molar-refractivity contribution in [2.24, 2.45) is 0 Å². The molecule has 3 aromatic heterocycles. The normalized spacial score (nSPS) is 13.7. The topological polar surface area (TPSA) is 83.1 Å². The average molecular weight is 422 g/mol. The smallest absolute Gasteiger partial charge is 0.264 e. The van der Waals surface area contributed by atoms with Gasteiger partial charge in [-0.25, -0.2) is 9.97 Å². The van der Waals surface area contributed by atoms with Crippen molar-refractivity contribution in [3.8, 4) is 0 Å². The van der Waals surface area contributed by atoms with Gasteiger partial charge in [0.1, 0.15) is 17.0 Å². The summed E-state index contributed by atoms with van der Waals surface area (Å²) in [5.41, 5.74) is 4.54. The zero-order valence-electron chi connectivity index (χ0n) is 17.0. The number of benzene rings is 1. The van der Waals surface area contributed by atoms with Gasteiger partial charge in [0.05, 0.1) is 23.4 Å². The third kappa shape index (κ3) is 3.12. The van der Waals surface area contributed by atoms with Gasteiger partial charge in [0, 0.05) is 36.8 Å². The molecular weight excluding hydrogens is 398 g/mol. The van der Waals surface area contributed by atoms with Crippen molar-refractivity contribution in [2.45, 2.75) is 19.9 Å². The maximum Gasteiger partial charge on any atom is 0.264 e. The first-order chi connectivity index (χ1) is 14.7. The molecule has 2 N–H and O–H groups in total. The number of nitrogens with one attached hydrogen (secondary N) is 2. The molecule has 0 atom stereocenters. The number of hydrogen-bond acceptors (Lipinski definition) is 6. The number of nitrogens with zero attached hydrogens (tertiary/aromatic N) is 3. The Balaban J connectivity index is 1.45. The molecule has 1 amide bonds. The van der Waals surface area contributed by atoms with Gasteiger partial charge < -0.3 is 19.9 Å². The fraction of sp³-hybridized carbons (Fsp3) is 0.318. The minimum absolute atomic E-state index is 0.0580. The molecule has 1 aromatic carbocycles. The van der Waals surface area contributed by atoms with Crippen LogP contribution in [0.25, 0.3) is 21.1 Å². The molecule has 0 spiro atoms. The van der Waals surface area contributed by atoms with Crippen LogP contribution in [0.5, 0.6) is 0 Å². The summed E-state index contributed by atoms with van der Waals surface area (Å²) in [6, 6.07) is 8.34. The molecule has 4 aromatic rings. The number of methoxy groups -OCH3 is 1. The monoisotopic (exact) mass is 421 g/mol. The van der Waals surface area contributed by atoms with Crippen LogP contribution in [0.4, 0.5) is 5.82 Å².